The smallest absolute Gasteiger partial charge is 0.242 e. The van der Waals surface area contributed by atoms with Gasteiger partial charge in [0.05, 0.1) is 12.9 Å². The summed E-state index contributed by atoms with van der Waals surface area (Å²) in [5.41, 5.74) is 4.65. The summed E-state index contributed by atoms with van der Waals surface area (Å²) >= 11 is 1.59. The Balaban J connectivity index is 2.13. The number of ether oxygens (including phenoxy) is 1. The Bertz CT molecular complexity index is 863. The van der Waals surface area contributed by atoms with Crippen LogP contribution in [0.3, 0.4) is 0 Å². The average molecular weight is 457 g/mol. The minimum absolute atomic E-state index is 0.0197. The Morgan fingerprint density at radius 1 is 1.03 bits per heavy atom. The number of benzene rings is 2. The van der Waals surface area contributed by atoms with Crippen molar-refractivity contribution in [2.24, 2.45) is 0 Å². The van der Waals surface area contributed by atoms with Crippen LogP contribution in [0.2, 0.25) is 0 Å². The summed E-state index contributed by atoms with van der Waals surface area (Å²) in [4.78, 5) is 27.8. The largest absolute Gasteiger partial charge is 0.497 e. The second kappa shape index (κ2) is 13.2. The second-order valence-corrected chi connectivity index (χ2v) is 9.06. The molecule has 2 amide bonds. The fraction of sp³-hybridized carbons (Fsp3) is 0.462. The summed E-state index contributed by atoms with van der Waals surface area (Å²) < 4.78 is 5.24. The lowest BCUT2D eigenvalue weighted by Crippen LogP contribution is -2.49. The van der Waals surface area contributed by atoms with E-state index in [4.69, 9.17) is 4.74 Å². The fourth-order valence-electron chi connectivity index (χ4n) is 3.70. The molecule has 0 aromatic heterocycles. The van der Waals surface area contributed by atoms with E-state index in [2.05, 4.69) is 37.4 Å². The van der Waals surface area contributed by atoms with Crippen molar-refractivity contribution in [2.45, 2.75) is 58.9 Å². The number of methoxy groups -OCH3 is 1. The Kier molecular flexibility index (Phi) is 10.6. The Morgan fingerprint density at radius 3 is 2.25 bits per heavy atom. The van der Waals surface area contributed by atoms with Crippen molar-refractivity contribution in [3.8, 4) is 5.75 Å². The minimum Gasteiger partial charge on any atom is -0.497 e. The van der Waals surface area contributed by atoms with Crippen LogP contribution in [0.15, 0.2) is 42.5 Å². The maximum absolute atomic E-state index is 13.3. The van der Waals surface area contributed by atoms with Gasteiger partial charge < -0.3 is 15.0 Å². The number of amides is 2. The van der Waals surface area contributed by atoms with Crippen LogP contribution in [0.25, 0.3) is 0 Å². The van der Waals surface area contributed by atoms with E-state index in [1.165, 1.54) is 16.7 Å². The third-order valence-corrected chi connectivity index (χ3v) is 6.21. The van der Waals surface area contributed by atoms with Crippen LogP contribution < -0.4 is 10.1 Å². The molecule has 0 heterocycles. The number of hydrogen-bond acceptors (Lipinski definition) is 4. The number of rotatable bonds is 12. The van der Waals surface area contributed by atoms with Crippen LogP contribution >= 0.6 is 11.8 Å². The normalized spacial score (nSPS) is 11.7. The molecule has 0 aliphatic carbocycles. The van der Waals surface area contributed by atoms with Crippen molar-refractivity contribution < 1.29 is 14.3 Å². The molecule has 0 aliphatic heterocycles. The fourth-order valence-corrected chi connectivity index (χ4v) is 4.55. The van der Waals surface area contributed by atoms with Crippen molar-refractivity contribution in [1.29, 1.82) is 0 Å². The molecule has 2 aromatic rings. The zero-order valence-electron chi connectivity index (χ0n) is 19.9. The molecule has 0 radical (unpaired) electrons. The lowest BCUT2D eigenvalue weighted by atomic mass is 10.1. The number of carbonyl (C=O) groups is 2. The molecule has 2 rings (SSSR count). The summed E-state index contributed by atoms with van der Waals surface area (Å²) in [6, 6.07) is 13.6. The topological polar surface area (TPSA) is 58.6 Å². The quantitative estimate of drug-likeness (QED) is 0.495. The number of hydrogen-bond donors (Lipinski definition) is 1. The zero-order valence-corrected chi connectivity index (χ0v) is 20.8. The van der Waals surface area contributed by atoms with E-state index in [0.717, 1.165) is 23.5 Å². The van der Waals surface area contributed by atoms with Crippen LogP contribution in [0.4, 0.5) is 0 Å². The van der Waals surface area contributed by atoms with Crippen LogP contribution in [0.5, 0.6) is 5.75 Å². The van der Waals surface area contributed by atoms with Gasteiger partial charge in [-0.25, -0.2) is 0 Å². The summed E-state index contributed by atoms with van der Waals surface area (Å²) in [7, 11) is 1.63. The molecular weight excluding hydrogens is 420 g/mol. The van der Waals surface area contributed by atoms with Gasteiger partial charge in [-0.15, -0.1) is 11.8 Å². The lowest BCUT2D eigenvalue weighted by molar-refractivity contribution is -0.139. The molecule has 0 unspecified atom stereocenters. The first kappa shape index (κ1) is 25.8. The third kappa shape index (κ3) is 7.90. The molecule has 174 valence electrons. The van der Waals surface area contributed by atoms with Gasteiger partial charge in [-0.2, -0.15) is 0 Å². The van der Waals surface area contributed by atoms with Crippen LogP contribution in [0.1, 0.15) is 48.9 Å². The highest BCUT2D eigenvalue weighted by Crippen LogP contribution is 2.20. The molecular formula is C26H36N2O3S. The average Bonchev–Trinajstić information content (AvgIpc) is 2.77. The molecule has 0 aliphatic rings. The van der Waals surface area contributed by atoms with Gasteiger partial charge in [0.1, 0.15) is 11.8 Å². The maximum Gasteiger partial charge on any atom is 0.242 e. The van der Waals surface area contributed by atoms with E-state index < -0.39 is 6.04 Å². The van der Waals surface area contributed by atoms with Gasteiger partial charge in [-0.3, -0.25) is 9.59 Å². The Labute approximate surface area is 196 Å². The van der Waals surface area contributed by atoms with Crippen molar-refractivity contribution >= 4 is 23.6 Å². The van der Waals surface area contributed by atoms with Crippen molar-refractivity contribution in [2.75, 3.05) is 19.4 Å². The summed E-state index contributed by atoms with van der Waals surface area (Å²) in [5.74, 6) is 1.76. The molecule has 0 saturated carbocycles. The Hall–Kier alpha value is -2.47. The first-order valence-corrected chi connectivity index (χ1v) is 12.4. The van der Waals surface area contributed by atoms with Crippen molar-refractivity contribution in [3.05, 3.63) is 64.7 Å². The molecule has 0 spiro atoms. The molecule has 2 aromatic carbocycles. The summed E-state index contributed by atoms with van der Waals surface area (Å²) in [6.45, 7) is 9.15. The van der Waals surface area contributed by atoms with Gasteiger partial charge in [0.2, 0.25) is 11.8 Å². The number of aryl methyl sites for hydroxylation is 2. The van der Waals surface area contributed by atoms with E-state index in [1.54, 1.807) is 23.8 Å². The monoisotopic (exact) mass is 456 g/mol. The first-order valence-electron chi connectivity index (χ1n) is 11.2. The molecule has 0 bridgehead atoms. The van der Waals surface area contributed by atoms with Gasteiger partial charge in [0.15, 0.2) is 0 Å². The van der Waals surface area contributed by atoms with Gasteiger partial charge in [0.25, 0.3) is 0 Å². The molecule has 1 N–H and O–H groups in total. The minimum atomic E-state index is -0.488. The molecule has 5 nitrogen and oxygen atoms in total. The molecule has 32 heavy (non-hydrogen) atoms. The number of carbonyl (C=O) groups excluding carboxylic acids is 2. The highest BCUT2D eigenvalue weighted by atomic mass is 32.2. The highest BCUT2D eigenvalue weighted by Gasteiger charge is 2.28. The third-order valence-electron chi connectivity index (χ3n) is 5.22. The van der Waals surface area contributed by atoms with Gasteiger partial charge >= 0.3 is 0 Å². The van der Waals surface area contributed by atoms with Crippen LogP contribution in [-0.2, 0) is 21.9 Å². The number of nitrogens with one attached hydrogen (secondary N) is 1. The summed E-state index contributed by atoms with van der Waals surface area (Å²) in [6.07, 6.45) is 1.43. The van der Waals surface area contributed by atoms with Gasteiger partial charge in [0, 0.05) is 18.8 Å². The van der Waals surface area contributed by atoms with E-state index in [-0.39, 0.29) is 11.8 Å². The zero-order chi connectivity index (χ0) is 23.5. The standard InChI is InChI=1S/C26H36N2O3S/c1-6-12-27-26(30)24(7-2)28(16-21-8-10-23(31-5)11-9-21)25(29)18-32-17-22-14-19(3)13-20(4)15-22/h8-11,13-15,24H,6-7,12,16-18H2,1-5H3,(H,27,30)/t24-/m0/s1. The number of nitrogens with zero attached hydrogens (tertiary/aromatic N) is 1. The van der Waals surface area contributed by atoms with Gasteiger partial charge in [-0.05, 0) is 49.9 Å². The van der Waals surface area contributed by atoms with Gasteiger partial charge in [-0.1, -0.05) is 55.3 Å². The molecule has 6 heteroatoms. The van der Waals surface area contributed by atoms with E-state index in [0.29, 0.717) is 25.3 Å². The van der Waals surface area contributed by atoms with E-state index in [1.807, 2.05) is 38.1 Å². The predicted molar refractivity (Wildman–Crippen MR) is 133 cm³/mol. The van der Waals surface area contributed by atoms with Crippen LogP contribution in [0, 0.1) is 13.8 Å². The maximum atomic E-state index is 13.3. The lowest BCUT2D eigenvalue weighted by Gasteiger charge is -2.30. The van der Waals surface area contributed by atoms with E-state index in [9.17, 15) is 9.59 Å². The SMILES string of the molecule is CCCNC(=O)[C@H](CC)N(Cc1ccc(OC)cc1)C(=O)CSCc1cc(C)cc(C)c1. The Morgan fingerprint density at radius 2 is 1.69 bits per heavy atom. The van der Waals surface area contributed by atoms with Crippen LogP contribution in [-0.4, -0.2) is 42.2 Å². The van der Waals surface area contributed by atoms with E-state index >= 15 is 0 Å². The van der Waals surface area contributed by atoms with Crippen molar-refractivity contribution in [3.63, 3.8) is 0 Å². The second-order valence-electron chi connectivity index (χ2n) is 8.07. The molecule has 0 fully saturated rings. The first-order chi connectivity index (χ1) is 15.4. The summed E-state index contributed by atoms with van der Waals surface area (Å²) in [5, 5.41) is 2.96. The molecule has 1 atom stereocenters. The highest BCUT2D eigenvalue weighted by molar-refractivity contribution is 7.99. The van der Waals surface area contributed by atoms with Crippen molar-refractivity contribution in [1.82, 2.24) is 10.2 Å². The number of thioether (sulfide) groups is 1. The predicted octanol–water partition coefficient (Wildman–Crippen LogP) is 4.88. The molecule has 0 saturated heterocycles.